The maximum absolute atomic E-state index is 10.8. The highest BCUT2D eigenvalue weighted by atomic mass is 32.2. The Labute approximate surface area is 64.0 Å². The summed E-state index contributed by atoms with van der Waals surface area (Å²) in [6.07, 6.45) is 2.34. The van der Waals surface area contributed by atoms with Crippen LogP contribution in [0, 0.1) is 0 Å². The lowest BCUT2D eigenvalue weighted by atomic mass is 10.5. The second kappa shape index (κ2) is 2.63. The van der Waals surface area contributed by atoms with E-state index in [1.807, 2.05) is 0 Å². The number of sulfone groups is 1. The van der Waals surface area contributed by atoms with Crippen LogP contribution in [-0.2, 0) is 16.4 Å². The minimum absolute atomic E-state index is 0.110. The summed E-state index contributed by atoms with van der Waals surface area (Å²) < 4.78 is 21.6. The van der Waals surface area contributed by atoms with E-state index in [9.17, 15) is 8.42 Å². The van der Waals surface area contributed by atoms with Crippen LogP contribution in [0.15, 0.2) is 11.4 Å². The van der Waals surface area contributed by atoms with Crippen molar-refractivity contribution in [2.24, 2.45) is 0 Å². The molecule has 6 heteroatoms. The highest BCUT2D eigenvalue weighted by Crippen LogP contribution is 2.02. The van der Waals surface area contributed by atoms with Crippen LogP contribution in [0.2, 0.25) is 0 Å². The van der Waals surface area contributed by atoms with Gasteiger partial charge in [0.2, 0.25) is 15.0 Å². The number of hydrogen-bond acceptors (Lipinski definition) is 4. The third-order valence-corrected chi connectivity index (χ3v) is 2.04. The van der Waals surface area contributed by atoms with Crippen molar-refractivity contribution in [2.75, 3.05) is 6.26 Å². The maximum Gasteiger partial charge on any atom is 0.224 e. The van der Waals surface area contributed by atoms with Crippen molar-refractivity contribution in [1.29, 1.82) is 0 Å². The summed E-state index contributed by atoms with van der Waals surface area (Å²) in [5.74, 6) is 0. The zero-order valence-electron chi connectivity index (χ0n) is 5.90. The molecule has 0 aliphatic heterocycles. The Balaban J connectivity index is 3.09. The molecule has 0 unspecified atom stereocenters. The Hall–Kier alpha value is -0.880. The molecule has 0 radical (unpaired) electrons. The fourth-order valence-electron chi connectivity index (χ4n) is 0.607. The van der Waals surface area contributed by atoms with Crippen LogP contribution in [-0.4, -0.2) is 29.7 Å². The van der Waals surface area contributed by atoms with E-state index >= 15 is 0 Å². The molecule has 1 heterocycles. The van der Waals surface area contributed by atoms with E-state index in [0.29, 0.717) is 5.69 Å². The summed E-state index contributed by atoms with van der Waals surface area (Å²) in [4.78, 5) is 6.01. The lowest BCUT2D eigenvalue weighted by Crippen LogP contribution is -1.99. The molecule has 0 bridgehead atoms. The maximum atomic E-state index is 10.8. The minimum atomic E-state index is -3.27. The van der Waals surface area contributed by atoms with Gasteiger partial charge in [-0.05, 0) is 0 Å². The van der Waals surface area contributed by atoms with Gasteiger partial charge in [-0.2, -0.15) is 0 Å². The second-order valence-electron chi connectivity index (χ2n) is 2.14. The molecule has 1 aromatic rings. The number of nitrogens with one attached hydrogen (secondary N) is 1. The van der Waals surface area contributed by atoms with Crippen LogP contribution < -0.4 is 0 Å². The molecule has 5 nitrogen and oxygen atoms in total. The number of hydrogen-bond donors (Lipinski definition) is 2. The van der Waals surface area contributed by atoms with Crippen molar-refractivity contribution in [2.45, 2.75) is 11.8 Å². The lowest BCUT2D eigenvalue weighted by molar-refractivity contribution is 0.277. The molecular formula is C5H8N2O3S. The van der Waals surface area contributed by atoms with Gasteiger partial charge < -0.3 is 10.1 Å². The number of aliphatic hydroxyl groups excluding tert-OH is 1. The first-order valence-electron chi connectivity index (χ1n) is 2.89. The number of nitrogens with zero attached hydrogens (tertiary/aromatic N) is 1. The Morgan fingerprint density at radius 3 is 2.64 bits per heavy atom. The predicted molar refractivity (Wildman–Crippen MR) is 37.6 cm³/mol. The van der Waals surface area contributed by atoms with Gasteiger partial charge in [0.05, 0.1) is 18.5 Å². The molecule has 0 amide bonds. The molecule has 1 aromatic heterocycles. The standard InChI is InChI=1S/C5H8N2O3S/c1-11(9,10)5-6-2-4(3-8)7-5/h2,8H,3H2,1H3,(H,6,7). The van der Waals surface area contributed by atoms with Crippen LogP contribution in [0.25, 0.3) is 0 Å². The van der Waals surface area contributed by atoms with Gasteiger partial charge in [0, 0.05) is 6.26 Å². The molecule has 0 saturated heterocycles. The van der Waals surface area contributed by atoms with Gasteiger partial charge >= 0.3 is 0 Å². The fourth-order valence-corrected chi connectivity index (χ4v) is 1.17. The predicted octanol–water partition coefficient (Wildman–Crippen LogP) is -0.695. The van der Waals surface area contributed by atoms with Gasteiger partial charge in [-0.15, -0.1) is 0 Å². The third-order valence-electron chi connectivity index (χ3n) is 1.13. The molecular weight excluding hydrogens is 168 g/mol. The zero-order valence-corrected chi connectivity index (χ0v) is 6.72. The van der Waals surface area contributed by atoms with E-state index in [1.54, 1.807) is 0 Å². The van der Waals surface area contributed by atoms with Crippen LogP contribution in [0.4, 0.5) is 0 Å². The van der Waals surface area contributed by atoms with E-state index in [1.165, 1.54) is 6.20 Å². The average Bonchev–Trinajstić information content (AvgIpc) is 2.32. The molecule has 1 rings (SSSR count). The zero-order chi connectivity index (χ0) is 8.48. The number of aliphatic hydroxyl groups is 1. The van der Waals surface area contributed by atoms with Gasteiger partial charge in [0.25, 0.3) is 0 Å². The van der Waals surface area contributed by atoms with E-state index < -0.39 is 9.84 Å². The summed E-state index contributed by atoms with van der Waals surface area (Å²) in [7, 11) is -3.27. The Kier molecular flexibility index (Phi) is 1.97. The van der Waals surface area contributed by atoms with Gasteiger partial charge in [-0.25, -0.2) is 13.4 Å². The summed E-state index contributed by atoms with van der Waals surface area (Å²) in [5, 5.41) is 8.44. The van der Waals surface area contributed by atoms with E-state index in [0.717, 1.165) is 6.26 Å². The summed E-state index contributed by atoms with van der Waals surface area (Å²) in [6, 6.07) is 0. The van der Waals surface area contributed by atoms with Gasteiger partial charge in [0.15, 0.2) is 0 Å². The van der Waals surface area contributed by atoms with E-state index in [2.05, 4.69) is 9.97 Å². The first-order chi connectivity index (χ1) is 5.04. The van der Waals surface area contributed by atoms with Crippen LogP contribution in [0.1, 0.15) is 5.69 Å². The number of H-pyrrole nitrogens is 1. The van der Waals surface area contributed by atoms with E-state index in [4.69, 9.17) is 5.11 Å². The van der Waals surface area contributed by atoms with Crippen molar-refractivity contribution in [1.82, 2.24) is 9.97 Å². The molecule has 11 heavy (non-hydrogen) atoms. The smallest absolute Gasteiger partial charge is 0.224 e. The number of aromatic amines is 1. The summed E-state index contributed by atoms with van der Waals surface area (Å²) in [5.41, 5.74) is 0.394. The largest absolute Gasteiger partial charge is 0.390 e. The Morgan fingerprint density at radius 1 is 1.73 bits per heavy atom. The second-order valence-corrected chi connectivity index (χ2v) is 4.07. The van der Waals surface area contributed by atoms with Crippen molar-refractivity contribution in [3.05, 3.63) is 11.9 Å². The van der Waals surface area contributed by atoms with Crippen LogP contribution in [0.3, 0.4) is 0 Å². The number of imidazole rings is 1. The van der Waals surface area contributed by atoms with Crippen molar-refractivity contribution < 1.29 is 13.5 Å². The van der Waals surface area contributed by atoms with Crippen LogP contribution >= 0.6 is 0 Å². The minimum Gasteiger partial charge on any atom is -0.390 e. The monoisotopic (exact) mass is 176 g/mol. The topological polar surface area (TPSA) is 83.1 Å². The fraction of sp³-hybridized carbons (Fsp3) is 0.400. The highest BCUT2D eigenvalue weighted by molar-refractivity contribution is 7.90. The van der Waals surface area contributed by atoms with E-state index in [-0.39, 0.29) is 11.8 Å². The molecule has 0 saturated carbocycles. The normalized spacial score (nSPS) is 11.8. The number of rotatable bonds is 2. The van der Waals surface area contributed by atoms with Crippen molar-refractivity contribution in [3.8, 4) is 0 Å². The Morgan fingerprint density at radius 2 is 2.36 bits per heavy atom. The van der Waals surface area contributed by atoms with Gasteiger partial charge in [-0.1, -0.05) is 0 Å². The quantitative estimate of drug-likeness (QED) is 0.624. The molecule has 0 fully saturated rings. The molecule has 0 aliphatic carbocycles. The first-order valence-corrected chi connectivity index (χ1v) is 4.78. The van der Waals surface area contributed by atoms with Gasteiger partial charge in [-0.3, -0.25) is 0 Å². The Bertz CT molecular complexity index is 340. The lowest BCUT2D eigenvalue weighted by Gasteiger charge is -1.88. The molecule has 0 spiro atoms. The molecule has 0 aliphatic rings. The molecule has 2 N–H and O–H groups in total. The van der Waals surface area contributed by atoms with Gasteiger partial charge in [0.1, 0.15) is 0 Å². The third kappa shape index (κ3) is 1.78. The summed E-state index contributed by atoms with van der Waals surface area (Å²) >= 11 is 0. The first kappa shape index (κ1) is 8.22. The molecule has 0 atom stereocenters. The average molecular weight is 176 g/mol. The summed E-state index contributed by atoms with van der Waals surface area (Å²) in [6.45, 7) is -0.234. The van der Waals surface area contributed by atoms with Crippen molar-refractivity contribution in [3.63, 3.8) is 0 Å². The highest BCUT2D eigenvalue weighted by Gasteiger charge is 2.10. The number of aromatic nitrogens is 2. The van der Waals surface area contributed by atoms with Crippen LogP contribution in [0.5, 0.6) is 0 Å². The SMILES string of the molecule is CS(=O)(=O)c1ncc(CO)[nH]1. The molecule has 0 aromatic carbocycles. The molecule has 62 valence electrons. The van der Waals surface area contributed by atoms with Crippen molar-refractivity contribution >= 4 is 9.84 Å².